The molecule has 1 rings (SSSR count). The molecule has 0 N–H and O–H groups in total. The number of allylic oxidation sites excluding steroid dienone is 1. The lowest BCUT2D eigenvalue weighted by molar-refractivity contribution is -0.152. The van der Waals surface area contributed by atoms with Crippen LogP contribution in [0.4, 0.5) is 0 Å². The number of hydrogen-bond donors (Lipinski definition) is 0. The smallest absolute Gasteiger partial charge is 0.302 e. The number of carbonyl (C=O) groups excluding carboxylic acids is 1. The highest BCUT2D eigenvalue weighted by Crippen LogP contribution is 2.31. The number of esters is 1. The van der Waals surface area contributed by atoms with Gasteiger partial charge in [-0.2, -0.15) is 0 Å². The molecular formula is C12H20O2. The molecule has 1 aliphatic rings. The molecular weight excluding hydrogens is 176 g/mol. The van der Waals surface area contributed by atoms with Gasteiger partial charge in [-0.25, -0.2) is 0 Å². The summed E-state index contributed by atoms with van der Waals surface area (Å²) in [4.78, 5) is 11.0. The Labute approximate surface area is 86.3 Å². The van der Waals surface area contributed by atoms with E-state index in [0.717, 1.165) is 6.42 Å². The van der Waals surface area contributed by atoms with Crippen molar-refractivity contribution in [3.05, 3.63) is 12.2 Å². The Morgan fingerprint density at radius 3 is 2.64 bits per heavy atom. The van der Waals surface area contributed by atoms with Crippen LogP contribution in [0.5, 0.6) is 0 Å². The number of carbonyl (C=O) groups is 1. The molecule has 1 aliphatic carbocycles. The third kappa shape index (κ3) is 2.60. The van der Waals surface area contributed by atoms with Crippen molar-refractivity contribution in [2.24, 2.45) is 17.8 Å². The fraction of sp³-hybridized carbons (Fsp3) is 0.750. The molecule has 2 heteroatoms. The molecule has 0 bridgehead atoms. The second-order valence-corrected chi connectivity index (χ2v) is 4.50. The van der Waals surface area contributed by atoms with E-state index in [1.54, 1.807) is 0 Å². The van der Waals surface area contributed by atoms with Crippen molar-refractivity contribution in [1.29, 1.82) is 0 Å². The van der Waals surface area contributed by atoms with Gasteiger partial charge in [0.05, 0.1) is 0 Å². The van der Waals surface area contributed by atoms with E-state index in [4.69, 9.17) is 4.74 Å². The summed E-state index contributed by atoms with van der Waals surface area (Å²) >= 11 is 0. The number of ether oxygens (including phenoxy) is 1. The minimum Gasteiger partial charge on any atom is -0.462 e. The fourth-order valence-corrected chi connectivity index (χ4v) is 2.12. The first kappa shape index (κ1) is 11.3. The first-order valence-corrected chi connectivity index (χ1v) is 5.36. The average molecular weight is 196 g/mol. The Balaban J connectivity index is 2.73. The van der Waals surface area contributed by atoms with Crippen molar-refractivity contribution in [3.63, 3.8) is 0 Å². The minimum atomic E-state index is -0.164. The number of hydrogen-bond acceptors (Lipinski definition) is 2. The summed E-state index contributed by atoms with van der Waals surface area (Å²) in [5.74, 6) is 1.22. The third-order valence-corrected chi connectivity index (χ3v) is 2.95. The van der Waals surface area contributed by atoms with E-state index in [9.17, 15) is 4.79 Å². The Bertz CT molecular complexity index is 230. The monoisotopic (exact) mass is 196 g/mol. The van der Waals surface area contributed by atoms with E-state index in [0.29, 0.717) is 17.8 Å². The quantitative estimate of drug-likeness (QED) is 0.501. The third-order valence-electron chi connectivity index (χ3n) is 2.95. The maximum absolute atomic E-state index is 11.0. The summed E-state index contributed by atoms with van der Waals surface area (Å²) in [6.07, 6.45) is 5.44. The molecule has 2 nitrogen and oxygen atoms in total. The Hall–Kier alpha value is -0.790. The van der Waals surface area contributed by atoms with Gasteiger partial charge >= 0.3 is 5.97 Å². The molecule has 0 radical (unpaired) electrons. The van der Waals surface area contributed by atoms with Gasteiger partial charge in [0, 0.05) is 18.8 Å². The van der Waals surface area contributed by atoms with Gasteiger partial charge in [0.25, 0.3) is 0 Å². The van der Waals surface area contributed by atoms with Crippen molar-refractivity contribution in [2.75, 3.05) is 0 Å². The van der Waals surface area contributed by atoms with Crippen LogP contribution in [0.25, 0.3) is 0 Å². The zero-order chi connectivity index (χ0) is 10.7. The lowest BCUT2D eigenvalue weighted by Crippen LogP contribution is -2.36. The van der Waals surface area contributed by atoms with E-state index >= 15 is 0 Å². The van der Waals surface area contributed by atoms with Crippen molar-refractivity contribution in [3.8, 4) is 0 Å². The highest BCUT2D eigenvalue weighted by atomic mass is 16.5. The van der Waals surface area contributed by atoms with Gasteiger partial charge in [0.2, 0.25) is 0 Å². The largest absolute Gasteiger partial charge is 0.462 e. The molecule has 0 aromatic rings. The van der Waals surface area contributed by atoms with Crippen molar-refractivity contribution < 1.29 is 9.53 Å². The van der Waals surface area contributed by atoms with Crippen LogP contribution in [0.1, 0.15) is 34.1 Å². The SMILES string of the molecule is CC(=O)OC1C(C)C=CCC1C(C)C. The molecule has 3 atom stereocenters. The van der Waals surface area contributed by atoms with E-state index in [-0.39, 0.29) is 12.1 Å². The highest BCUT2D eigenvalue weighted by Gasteiger charge is 2.32. The van der Waals surface area contributed by atoms with Crippen molar-refractivity contribution >= 4 is 5.97 Å². The first-order chi connectivity index (χ1) is 6.52. The Kier molecular flexibility index (Phi) is 3.73. The topological polar surface area (TPSA) is 26.3 Å². The maximum atomic E-state index is 11.0. The molecule has 80 valence electrons. The molecule has 0 amide bonds. The Morgan fingerprint density at radius 1 is 1.50 bits per heavy atom. The lowest BCUT2D eigenvalue weighted by atomic mass is 9.78. The molecule has 0 aromatic carbocycles. The summed E-state index contributed by atoms with van der Waals surface area (Å²) in [6, 6.07) is 0. The van der Waals surface area contributed by atoms with Crippen LogP contribution >= 0.6 is 0 Å². The summed E-state index contributed by atoms with van der Waals surface area (Å²) < 4.78 is 5.39. The highest BCUT2D eigenvalue weighted by molar-refractivity contribution is 5.66. The fourth-order valence-electron chi connectivity index (χ4n) is 2.12. The van der Waals surface area contributed by atoms with Crippen molar-refractivity contribution in [1.82, 2.24) is 0 Å². The number of rotatable bonds is 2. The van der Waals surface area contributed by atoms with E-state index in [2.05, 4.69) is 32.9 Å². The van der Waals surface area contributed by atoms with Crippen LogP contribution in [-0.2, 0) is 9.53 Å². The molecule has 0 fully saturated rings. The van der Waals surface area contributed by atoms with Gasteiger partial charge in [0.1, 0.15) is 6.10 Å². The second-order valence-electron chi connectivity index (χ2n) is 4.50. The molecule has 0 aromatic heterocycles. The van der Waals surface area contributed by atoms with E-state index < -0.39 is 0 Å². The van der Waals surface area contributed by atoms with Gasteiger partial charge in [-0.15, -0.1) is 0 Å². The normalized spacial score (nSPS) is 31.9. The molecule has 0 saturated heterocycles. The molecule has 0 aliphatic heterocycles. The molecule has 14 heavy (non-hydrogen) atoms. The van der Waals surface area contributed by atoms with Crippen LogP contribution in [0.15, 0.2) is 12.2 Å². The van der Waals surface area contributed by atoms with E-state index in [1.165, 1.54) is 6.92 Å². The standard InChI is InChI=1S/C12H20O2/c1-8(2)11-7-5-6-9(3)12(11)14-10(4)13/h5-6,8-9,11-12H,7H2,1-4H3. The lowest BCUT2D eigenvalue weighted by Gasteiger charge is -2.34. The van der Waals surface area contributed by atoms with Crippen molar-refractivity contribution in [2.45, 2.75) is 40.2 Å². The van der Waals surface area contributed by atoms with E-state index in [1.807, 2.05) is 0 Å². The molecule has 0 saturated carbocycles. The zero-order valence-corrected chi connectivity index (χ0v) is 9.49. The predicted octanol–water partition coefficient (Wildman–Crippen LogP) is 2.79. The second kappa shape index (κ2) is 4.63. The van der Waals surface area contributed by atoms with Gasteiger partial charge in [-0.05, 0) is 12.3 Å². The summed E-state index contributed by atoms with van der Waals surface area (Å²) in [5.41, 5.74) is 0. The average Bonchev–Trinajstić information content (AvgIpc) is 2.07. The maximum Gasteiger partial charge on any atom is 0.302 e. The van der Waals surface area contributed by atoms with Gasteiger partial charge in [-0.1, -0.05) is 32.9 Å². The van der Waals surface area contributed by atoms with Crippen LogP contribution in [0, 0.1) is 17.8 Å². The minimum absolute atomic E-state index is 0.0671. The van der Waals surface area contributed by atoms with Crippen LogP contribution in [0.2, 0.25) is 0 Å². The predicted molar refractivity (Wildman–Crippen MR) is 56.8 cm³/mol. The molecule has 0 spiro atoms. The first-order valence-electron chi connectivity index (χ1n) is 5.36. The summed E-state index contributed by atoms with van der Waals surface area (Å²) in [5, 5.41) is 0. The van der Waals surface area contributed by atoms with Crippen LogP contribution in [0.3, 0.4) is 0 Å². The van der Waals surface area contributed by atoms with Gasteiger partial charge in [-0.3, -0.25) is 4.79 Å². The molecule has 3 unspecified atom stereocenters. The summed E-state index contributed by atoms with van der Waals surface area (Å²) in [7, 11) is 0. The van der Waals surface area contributed by atoms with Crippen LogP contribution < -0.4 is 0 Å². The van der Waals surface area contributed by atoms with Crippen LogP contribution in [-0.4, -0.2) is 12.1 Å². The zero-order valence-electron chi connectivity index (χ0n) is 9.49. The molecule has 0 heterocycles. The van der Waals surface area contributed by atoms with Gasteiger partial charge < -0.3 is 4.74 Å². The Morgan fingerprint density at radius 2 is 2.14 bits per heavy atom. The van der Waals surface area contributed by atoms with Gasteiger partial charge in [0.15, 0.2) is 0 Å². The summed E-state index contributed by atoms with van der Waals surface area (Å²) in [6.45, 7) is 7.97.